The average molecular weight is 210 g/mol. The van der Waals surface area contributed by atoms with Gasteiger partial charge < -0.3 is 14.6 Å². The van der Waals surface area contributed by atoms with Crippen LogP contribution in [0.3, 0.4) is 0 Å². The van der Waals surface area contributed by atoms with Gasteiger partial charge in [-0.15, -0.1) is 0 Å². The topological polar surface area (TPSA) is 81.5 Å². The van der Waals surface area contributed by atoms with Crippen LogP contribution in [0.15, 0.2) is 12.3 Å². The molecular formula is C9H10N2O4. The molecule has 1 atom stereocenters. The molecule has 1 aromatic heterocycles. The van der Waals surface area contributed by atoms with Crippen LogP contribution in [-0.2, 0) is 4.74 Å². The van der Waals surface area contributed by atoms with Crippen molar-refractivity contribution in [2.24, 2.45) is 0 Å². The highest BCUT2D eigenvalue weighted by Gasteiger charge is 2.18. The van der Waals surface area contributed by atoms with Gasteiger partial charge in [-0.05, 0) is 0 Å². The Morgan fingerprint density at radius 2 is 2.53 bits per heavy atom. The van der Waals surface area contributed by atoms with E-state index in [0.29, 0.717) is 13.2 Å². The summed E-state index contributed by atoms with van der Waals surface area (Å²) in [6, 6.07) is 1.53. The van der Waals surface area contributed by atoms with Crippen molar-refractivity contribution < 1.29 is 19.4 Å². The second-order valence-corrected chi connectivity index (χ2v) is 3.13. The lowest BCUT2D eigenvalue weighted by molar-refractivity contribution is 0.0680. The summed E-state index contributed by atoms with van der Waals surface area (Å²) in [6.07, 6.45) is 2.12. The molecular weight excluding hydrogens is 200 g/mol. The fourth-order valence-corrected chi connectivity index (χ4v) is 1.29. The summed E-state index contributed by atoms with van der Waals surface area (Å²) in [5.74, 6) is -1.15. The van der Waals surface area contributed by atoms with Gasteiger partial charge in [0.2, 0.25) is 11.7 Å². The monoisotopic (exact) mass is 210 g/mol. The minimum absolute atomic E-state index is 0.0402. The Balaban J connectivity index is 2.07. The predicted octanol–water partition coefficient (Wildman–Crippen LogP) is 0.343. The number of hydrogen-bond donors (Lipinski definition) is 1. The lowest BCUT2D eigenvalue weighted by Crippen LogP contribution is -2.17. The highest BCUT2D eigenvalue weighted by molar-refractivity contribution is 5.83. The molecule has 0 amide bonds. The predicted molar refractivity (Wildman–Crippen MR) is 48.8 cm³/mol. The summed E-state index contributed by atoms with van der Waals surface area (Å²) < 4.78 is 10.5. The summed E-state index contributed by atoms with van der Waals surface area (Å²) in [5.41, 5.74) is 0. The molecule has 1 N–H and O–H groups in total. The van der Waals surface area contributed by atoms with Crippen LogP contribution < -0.4 is 4.74 Å². The number of carboxylic acids is 1. The standard InChI is InChI=1S/C9H10N2O4/c12-9(13)8-10-3-1-7(11-8)15-6-2-4-14-5-6/h1,3,6H,2,4-5H2,(H,12,13)/t6-/m1/s1. The van der Waals surface area contributed by atoms with Crippen LogP contribution in [0.4, 0.5) is 0 Å². The van der Waals surface area contributed by atoms with Crippen LogP contribution in [0.1, 0.15) is 17.0 Å². The lowest BCUT2D eigenvalue weighted by atomic mass is 10.3. The van der Waals surface area contributed by atoms with Gasteiger partial charge in [0.05, 0.1) is 13.2 Å². The summed E-state index contributed by atoms with van der Waals surface area (Å²) >= 11 is 0. The highest BCUT2D eigenvalue weighted by Crippen LogP contribution is 2.13. The molecule has 0 spiro atoms. The van der Waals surface area contributed by atoms with Crippen molar-refractivity contribution >= 4 is 5.97 Å². The Bertz CT molecular complexity index is 363. The van der Waals surface area contributed by atoms with E-state index in [1.165, 1.54) is 12.3 Å². The first-order valence-electron chi connectivity index (χ1n) is 4.56. The van der Waals surface area contributed by atoms with Crippen molar-refractivity contribution in [1.82, 2.24) is 9.97 Å². The van der Waals surface area contributed by atoms with E-state index in [9.17, 15) is 4.79 Å². The molecule has 1 fully saturated rings. The fourth-order valence-electron chi connectivity index (χ4n) is 1.29. The molecule has 15 heavy (non-hydrogen) atoms. The molecule has 1 aliphatic heterocycles. The zero-order chi connectivity index (χ0) is 10.7. The Hall–Kier alpha value is -1.69. The van der Waals surface area contributed by atoms with Crippen LogP contribution in [0.5, 0.6) is 5.88 Å². The largest absolute Gasteiger partial charge is 0.475 e. The number of carboxylic acid groups (broad SMARTS) is 1. The number of rotatable bonds is 3. The first-order chi connectivity index (χ1) is 7.25. The number of hydrogen-bond acceptors (Lipinski definition) is 5. The maximum atomic E-state index is 10.6. The van der Waals surface area contributed by atoms with E-state index in [0.717, 1.165) is 6.42 Å². The molecule has 0 saturated carbocycles. The number of aromatic carboxylic acids is 1. The molecule has 0 aromatic carbocycles. The summed E-state index contributed by atoms with van der Waals surface area (Å²) in [5, 5.41) is 8.66. The highest BCUT2D eigenvalue weighted by atomic mass is 16.5. The van der Waals surface area contributed by atoms with E-state index >= 15 is 0 Å². The van der Waals surface area contributed by atoms with Crippen LogP contribution in [0, 0.1) is 0 Å². The van der Waals surface area contributed by atoms with Gasteiger partial charge in [-0.3, -0.25) is 0 Å². The first kappa shape index (κ1) is 9.85. The van der Waals surface area contributed by atoms with Crippen molar-refractivity contribution in [2.75, 3.05) is 13.2 Å². The molecule has 0 aliphatic carbocycles. The zero-order valence-corrected chi connectivity index (χ0v) is 7.92. The smallest absolute Gasteiger partial charge is 0.374 e. The number of aromatic nitrogens is 2. The van der Waals surface area contributed by atoms with Crippen LogP contribution >= 0.6 is 0 Å². The van der Waals surface area contributed by atoms with Gasteiger partial charge >= 0.3 is 5.97 Å². The molecule has 0 radical (unpaired) electrons. The van der Waals surface area contributed by atoms with Gasteiger partial charge in [-0.1, -0.05) is 0 Å². The van der Waals surface area contributed by atoms with Gasteiger partial charge in [0.25, 0.3) is 0 Å². The molecule has 80 valence electrons. The average Bonchev–Trinajstić information content (AvgIpc) is 2.71. The summed E-state index contributed by atoms with van der Waals surface area (Å²) in [7, 11) is 0. The van der Waals surface area contributed by atoms with Gasteiger partial charge in [0.1, 0.15) is 6.10 Å². The van der Waals surface area contributed by atoms with Gasteiger partial charge in [-0.25, -0.2) is 9.78 Å². The molecule has 2 rings (SSSR count). The molecule has 1 aliphatic rings. The summed E-state index contributed by atoms with van der Waals surface area (Å²) in [6.45, 7) is 1.19. The van der Waals surface area contributed by atoms with Gasteiger partial charge in [0.15, 0.2) is 0 Å². The molecule has 2 heterocycles. The zero-order valence-electron chi connectivity index (χ0n) is 7.92. The maximum Gasteiger partial charge on any atom is 0.374 e. The van der Waals surface area contributed by atoms with E-state index in [2.05, 4.69) is 9.97 Å². The van der Waals surface area contributed by atoms with E-state index in [1.54, 1.807) is 0 Å². The number of ether oxygens (including phenoxy) is 2. The van der Waals surface area contributed by atoms with E-state index in [4.69, 9.17) is 14.6 Å². The Morgan fingerprint density at radius 1 is 1.67 bits per heavy atom. The maximum absolute atomic E-state index is 10.6. The molecule has 1 saturated heterocycles. The first-order valence-corrected chi connectivity index (χ1v) is 4.56. The second kappa shape index (κ2) is 4.22. The van der Waals surface area contributed by atoms with Crippen molar-refractivity contribution in [2.45, 2.75) is 12.5 Å². The van der Waals surface area contributed by atoms with Crippen molar-refractivity contribution in [3.05, 3.63) is 18.1 Å². The third kappa shape index (κ3) is 2.41. The fraction of sp³-hybridized carbons (Fsp3) is 0.444. The van der Waals surface area contributed by atoms with Crippen LogP contribution in [0.2, 0.25) is 0 Å². The Morgan fingerprint density at radius 3 is 3.20 bits per heavy atom. The van der Waals surface area contributed by atoms with Crippen LogP contribution in [0.25, 0.3) is 0 Å². The number of carbonyl (C=O) groups is 1. The lowest BCUT2D eigenvalue weighted by Gasteiger charge is -2.10. The molecule has 0 unspecified atom stereocenters. The van der Waals surface area contributed by atoms with E-state index in [-0.39, 0.29) is 17.8 Å². The minimum Gasteiger partial charge on any atom is -0.475 e. The molecule has 6 heteroatoms. The third-order valence-corrected chi connectivity index (χ3v) is 2.00. The van der Waals surface area contributed by atoms with Gasteiger partial charge in [-0.2, -0.15) is 4.98 Å². The van der Waals surface area contributed by atoms with Crippen molar-refractivity contribution in [1.29, 1.82) is 0 Å². The second-order valence-electron chi connectivity index (χ2n) is 3.13. The number of nitrogens with zero attached hydrogens (tertiary/aromatic N) is 2. The molecule has 1 aromatic rings. The van der Waals surface area contributed by atoms with Crippen molar-refractivity contribution in [3.8, 4) is 5.88 Å². The Kier molecular flexibility index (Phi) is 2.77. The summed E-state index contributed by atoms with van der Waals surface area (Å²) in [4.78, 5) is 17.9. The quantitative estimate of drug-likeness (QED) is 0.774. The van der Waals surface area contributed by atoms with Gasteiger partial charge in [0, 0.05) is 18.7 Å². The SMILES string of the molecule is O=C(O)c1nccc(O[C@@H]2CCOC2)n1. The molecule has 6 nitrogen and oxygen atoms in total. The van der Waals surface area contributed by atoms with Crippen LogP contribution in [-0.4, -0.2) is 40.4 Å². The normalized spacial score (nSPS) is 20.1. The Labute approximate surface area is 85.9 Å². The third-order valence-electron chi connectivity index (χ3n) is 2.00. The molecule has 0 bridgehead atoms. The van der Waals surface area contributed by atoms with E-state index in [1.807, 2.05) is 0 Å². The van der Waals surface area contributed by atoms with Crippen molar-refractivity contribution in [3.63, 3.8) is 0 Å². The van der Waals surface area contributed by atoms with E-state index < -0.39 is 5.97 Å². The minimum atomic E-state index is -1.16.